The largest absolute Gasteiger partial charge is 0.459 e. The van der Waals surface area contributed by atoms with Gasteiger partial charge in [0, 0.05) is 13.3 Å². The van der Waals surface area contributed by atoms with Crippen LogP contribution in [-0.4, -0.2) is 55.7 Å². The van der Waals surface area contributed by atoms with Crippen LogP contribution < -0.4 is 5.73 Å². The molecule has 2 aromatic rings. The Morgan fingerprint density at radius 1 is 1.31 bits per heavy atom. The van der Waals surface area contributed by atoms with E-state index < -0.39 is 24.2 Å². The number of hydrogen-bond acceptors (Lipinski definition) is 9. The van der Waals surface area contributed by atoms with Crippen molar-refractivity contribution in [3.05, 3.63) is 12.2 Å². The van der Waals surface area contributed by atoms with Gasteiger partial charge in [0.2, 0.25) is 0 Å². The molecule has 3 aliphatic rings. The first-order chi connectivity index (χ1) is 12.3. The standard InChI is InChI=1S/C16H19N5O5/c1-6(22)23-7-4-8-20-9-13(17)18-5-19-14(9)21(8)15-12-11(10(7)24-15)25-16(2,3)26-12/h5,7,10-12,15H,4H2,1-3H3,(H2,17,18,19)/t7-,10+,11+,12+,15+/m0/s1. The number of carbonyl (C=O) groups excluding carboxylic acids is 1. The van der Waals surface area contributed by atoms with Crippen LogP contribution in [-0.2, 0) is 30.2 Å². The number of rotatable bonds is 1. The summed E-state index contributed by atoms with van der Waals surface area (Å²) in [5.41, 5.74) is 7.02. The van der Waals surface area contributed by atoms with Crippen molar-refractivity contribution in [2.45, 2.75) is 63.6 Å². The van der Waals surface area contributed by atoms with E-state index in [1.54, 1.807) is 0 Å². The van der Waals surface area contributed by atoms with Crippen LogP contribution in [0.15, 0.2) is 6.33 Å². The van der Waals surface area contributed by atoms with Crippen molar-refractivity contribution >= 4 is 23.0 Å². The third kappa shape index (κ3) is 2.15. The Morgan fingerprint density at radius 2 is 2.08 bits per heavy atom. The van der Waals surface area contributed by atoms with E-state index in [1.165, 1.54) is 13.3 Å². The van der Waals surface area contributed by atoms with Gasteiger partial charge >= 0.3 is 5.97 Å². The average Bonchev–Trinajstić information content (AvgIpc) is 3.12. The molecule has 2 N–H and O–H groups in total. The van der Waals surface area contributed by atoms with E-state index >= 15 is 0 Å². The summed E-state index contributed by atoms with van der Waals surface area (Å²) < 4.78 is 25.8. The van der Waals surface area contributed by atoms with Crippen molar-refractivity contribution in [3.63, 3.8) is 0 Å². The lowest BCUT2D eigenvalue weighted by Gasteiger charge is -2.26. The van der Waals surface area contributed by atoms with Gasteiger partial charge in [0.15, 0.2) is 29.0 Å². The maximum absolute atomic E-state index is 11.6. The van der Waals surface area contributed by atoms with Crippen LogP contribution in [0, 0.1) is 0 Å². The van der Waals surface area contributed by atoms with Gasteiger partial charge in [-0.2, -0.15) is 0 Å². The number of imidazole rings is 1. The number of nitrogens with two attached hydrogens (primary N) is 1. The van der Waals surface area contributed by atoms with E-state index in [1.807, 2.05) is 18.4 Å². The Hall–Kier alpha value is -2.30. The van der Waals surface area contributed by atoms with Crippen LogP contribution >= 0.6 is 0 Å². The molecule has 2 aromatic heterocycles. The van der Waals surface area contributed by atoms with Crippen LogP contribution in [0.4, 0.5) is 5.82 Å². The molecule has 2 fully saturated rings. The van der Waals surface area contributed by atoms with Crippen molar-refractivity contribution in [1.29, 1.82) is 0 Å². The molecule has 0 unspecified atom stereocenters. The fraction of sp³-hybridized carbons (Fsp3) is 0.625. The Morgan fingerprint density at radius 3 is 2.85 bits per heavy atom. The lowest BCUT2D eigenvalue weighted by Crippen LogP contribution is -2.42. The highest BCUT2D eigenvalue weighted by Gasteiger charge is 2.60. The average molecular weight is 361 g/mol. The number of fused-ring (bicyclic) bond motifs is 9. The van der Waals surface area contributed by atoms with Crippen LogP contribution in [0.25, 0.3) is 11.2 Å². The monoisotopic (exact) mass is 361 g/mol. The molecule has 0 saturated carbocycles. The number of esters is 1. The summed E-state index contributed by atoms with van der Waals surface area (Å²) >= 11 is 0. The minimum absolute atomic E-state index is 0.287. The maximum Gasteiger partial charge on any atom is 0.303 e. The molecular weight excluding hydrogens is 342 g/mol. The number of ether oxygens (including phenoxy) is 4. The fourth-order valence-electron chi connectivity index (χ4n) is 4.12. The van der Waals surface area contributed by atoms with Gasteiger partial charge in [0.1, 0.15) is 36.6 Å². The zero-order valence-corrected chi connectivity index (χ0v) is 14.6. The third-order valence-electron chi connectivity index (χ3n) is 4.97. The second kappa shape index (κ2) is 5.12. The number of hydrogen-bond donors (Lipinski definition) is 1. The first kappa shape index (κ1) is 15.9. The van der Waals surface area contributed by atoms with Crippen LogP contribution in [0.5, 0.6) is 0 Å². The lowest BCUT2D eigenvalue weighted by atomic mass is 10.0. The van der Waals surface area contributed by atoms with Crippen molar-refractivity contribution in [2.75, 3.05) is 5.73 Å². The molecule has 5 heterocycles. The van der Waals surface area contributed by atoms with Gasteiger partial charge in [0.25, 0.3) is 0 Å². The second-order valence-electron chi connectivity index (χ2n) is 7.24. The molecule has 0 aliphatic carbocycles. The molecule has 0 aromatic carbocycles. The molecule has 2 bridgehead atoms. The predicted molar refractivity (Wildman–Crippen MR) is 86.7 cm³/mol. The quantitative estimate of drug-likeness (QED) is 0.715. The first-order valence-corrected chi connectivity index (χ1v) is 8.50. The summed E-state index contributed by atoms with van der Waals surface area (Å²) in [4.78, 5) is 24.6. The third-order valence-corrected chi connectivity index (χ3v) is 4.97. The van der Waals surface area contributed by atoms with Gasteiger partial charge < -0.3 is 24.7 Å². The lowest BCUT2D eigenvalue weighted by molar-refractivity contribution is -0.207. The highest BCUT2D eigenvalue weighted by atomic mass is 16.8. The van der Waals surface area contributed by atoms with Crippen molar-refractivity contribution < 1.29 is 23.7 Å². The van der Waals surface area contributed by atoms with E-state index in [0.29, 0.717) is 23.4 Å². The number of carbonyl (C=O) groups is 1. The summed E-state index contributed by atoms with van der Waals surface area (Å²) in [5.74, 6) is -0.196. The molecular formula is C16H19N5O5. The van der Waals surface area contributed by atoms with Crippen LogP contribution in [0.2, 0.25) is 0 Å². The smallest absolute Gasteiger partial charge is 0.303 e. The van der Waals surface area contributed by atoms with Crippen LogP contribution in [0.3, 0.4) is 0 Å². The summed E-state index contributed by atoms with van der Waals surface area (Å²) in [6, 6.07) is 0. The molecule has 3 aliphatic heterocycles. The molecule has 10 heteroatoms. The summed E-state index contributed by atoms with van der Waals surface area (Å²) in [6.45, 7) is 5.08. The molecule has 5 rings (SSSR count). The van der Waals surface area contributed by atoms with Gasteiger partial charge in [-0.3, -0.25) is 9.36 Å². The van der Waals surface area contributed by atoms with Gasteiger partial charge in [-0.05, 0) is 13.8 Å². The molecule has 0 amide bonds. The van der Waals surface area contributed by atoms with Gasteiger partial charge in [-0.25, -0.2) is 15.0 Å². The molecule has 0 radical (unpaired) electrons. The van der Waals surface area contributed by atoms with Crippen molar-refractivity contribution in [1.82, 2.24) is 19.5 Å². The molecule has 5 atom stereocenters. The second-order valence-corrected chi connectivity index (χ2v) is 7.24. The van der Waals surface area contributed by atoms with E-state index in [0.717, 1.165) is 0 Å². The Kier molecular flexibility index (Phi) is 3.13. The fourth-order valence-corrected chi connectivity index (χ4v) is 4.12. The number of aromatic nitrogens is 4. The van der Waals surface area contributed by atoms with E-state index in [4.69, 9.17) is 24.7 Å². The van der Waals surface area contributed by atoms with Gasteiger partial charge in [-0.1, -0.05) is 0 Å². The van der Waals surface area contributed by atoms with Gasteiger partial charge in [-0.15, -0.1) is 0 Å². The Bertz CT molecular complexity index is 912. The summed E-state index contributed by atoms with van der Waals surface area (Å²) in [7, 11) is 0. The summed E-state index contributed by atoms with van der Waals surface area (Å²) in [6.07, 6.45) is -0.474. The van der Waals surface area contributed by atoms with Crippen molar-refractivity contribution in [2.24, 2.45) is 0 Å². The van der Waals surface area contributed by atoms with E-state index in [-0.39, 0.29) is 24.0 Å². The Labute approximate surface area is 148 Å². The minimum Gasteiger partial charge on any atom is -0.459 e. The van der Waals surface area contributed by atoms with E-state index in [2.05, 4.69) is 15.0 Å². The zero-order chi connectivity index (χ0) is 18.2. The summed E-state index contributed by atoms with van der Waals surface area (Å²) in [5, 5.41) is 0. The molecule has 10 nitrogen and oxygen atoms in total. The predicted octanol–water partition coefficient (Wildman–Crippen LogP) is 0.314. The zero-order valence-electron chi connectivity index (χ0n) is 14.6. The first-order valence-electron chi connectivity index (χ1n) is 8.50. The maximum atomic E-state index is 11.6. The highest BCUT2D eigenvalue weighted by molar-refractivity contribution is 5.82. The highest BCUT2D eigenvalue weighted by Crippen LogP contribution is 2.47. The molecule has 2 saturated heterocycles. The van der Waals surface area contributed by atoms with Crippen LogP contribution in [0.1, 0.15) is 32.8 Å². The molecule has 26 heavy (non-hydrogen) atoms. The Balaban J connectivity index is 1.69. The topological polar surface area (TPSA) is 124 Å². The number of nitrogen functional groups attached to an aromatic ring is 1. The normalized spacial score (nSPS) is 34.3. The van der Waals surface area contributed by atoms with Crippen molar-refractivity contribution in [3.8, 4) is 0 Å². The van der Waals surface area contributed by atoms with E-state index in [9.17, 15) is 4.79 Å². The number of nitrogens with zero attached hydrogens (tertiary/aromatic N) is 4. The SMILES string of the molecule is CC(=O)O[C@H]1Cc2nc3c(N)ncnc3n2[C@@H]2O[C@H]1[C@H]1OC(C)(C)O[C@H]12. The number of anilines is 1. The molecule has 0 spiro atoms. The van der Waals surface area contributed by atoms with Gasteiger partial charge in [0.05, 0.1) is 0 Å². The minimum atomic E-state index is -0.759. The molecule has 138 valence electrons.